The molecule has 1 aromatic carbocycles. The summed E-state index contributed by atoms with van der Waals surface area (Å²) in [5, 5.41) is 11.8. The Hall–Kier alpha value is -2.58. The standard InChI is InChI=1S/C18H19N3O2/c19-12-14-5-7-15(8-6-14)18(22)20-13-16(17-4-3-11-23-17)21-9-1-2-10-21/h3-8,11,16H,1-2,9-10,13H2,(H,20,22)/t16-/m0/s1. The smallest absolute Gasteiger partial charge is 0.251 e. The maximum Gasteiger partial charge on any atom is 0.251 e. The molecule has 1 atom stereocenters. The Bertz CT molecular complexity index is 680. The van der Waals surface area contributed by atoms with Gasteiger partial charge in [0, 0.05) is 12.1 Å². The van der Waals surface area contributed by atoms with Crippen LogP contribution in [0.5, 0.6) is 0 Å². The lowest BCUT2D eigenvalue weighted by Gasteiger charge is -2.26. The van der Waals surface area contributed by atoms with Crippen LogP contribution in [-0.2, 0) is 0 Å². The predicted octanol–water partition coefficient (Wildman–Crippen LogP) is 2.72. The van der Waals surface area contributed by atoms with Crippen molar-refractivity contribution in [3.8, 4) is 6.07 Å². The van der Waals surface area contributed by atoms with Gasteiger partial charge >= 0.3 is 0 Å². The van der Waals surface area contributed by atoms with Gasteiger partial charge in [-0.05, 0) is 62.3 Å². The van der Waals surface area contributed by atoms with Crippen LogP contribution in [0, 0.1) is 11.3 Å². The largest absolute Gasteiger partial charge is 0.468 e. The average Bonchev–Trinajstić information content (AvgIpc) is 3.29. The zero-order chi connectivity index (χ0) is 16.1. The molecule has 0 radical (unpaired) electrons. The number of nitriles is 1. The van der Waals surface area contributed by atoms with Gasteiger partial charge in [0.2, 0.25) is 0 Å². The molecule has 2 aromatic rings. The van der Waals surface area contributed by atoms with Crippen molar-refractivity contribution in [2.45, 2.75) is 18.9 Å². The maximum atomic E-state index is 12.3. The highest BCUT2D eigenvalue weighted by Crippen LogP contribution is 2.24. The molecule has 2 heterocycles. The number of nitrogens with zero attached hydrogens (tertiary/aromatic N) is 2. The fraction of sp³-hybridized carbons (Fsp3) is 0.333. The number of hydrogen-bond acceptors (Lipinski definition) is 4. The monoisotopic (exact) mass is 309 g/mol. The molecule has 0 bridgehead atoms. The summed E-state index contributed by atoms with van der Waals surface area (Å²) in [4.78, 5) is 14.6. The van der Waals surface area contributed by atoms with Crippen molar-refractivity contribution in [3.05, 3.63) is 59.5 Å². The second-order valence-corrected chi connectivity index (χ2v) is 5.67. The zero-order valence-electron chi connectivity index (χ0n) is 12.9. The first-order chi connectivity index (χ1) is 11.3. The van der Waals surface area contributed by atoms with Gasteiger partial charge in [0.05, 0.1) is 23.9 Å². The molecule has 3 rings (SSSR count). The number of carbonyl (C=O) groups is 1. The fourth-order valence-electron chi connectivity index (χ4n) is 2.93. The van der Waals surface area contributed by atoms with Crippen LogP contribution in [0.2, 0.25) is 0 Å². The normalized spacial score (nSPS) is 16.0. The number of benzene rings is 1. The molecule has 1 N–H and O–H groups in total. The van der Waals surface area contributed by atoms with E-state index in [9.17, 15) is 4.79 Å². The topological polar surface area (TPSA) is 69.3 Å². The summed E-state index contributed by atoms with van der Waals surface area (Å²) in [5.74, 6) is 0.747. The van der Waals surface area contributed by atoms with Crippen molar-refractivity contribution in [3.63, 3.8) is 0 Å². The zero-order valence-corrected chi connectivity index (χ0v) is 12.9. The van der Waals surface area contributed by atoms with Crippen molar-refractivity contribution in [1.29, 1.82) is 5.26 Å². The van der Waals surface area contributed by atoms with Crippen molar-refractivity contribution in [2.24, 2.45) is 0 Å². The number of carbonyl (C=O) groups excluding carboxylic acids is 1. The van der Waals surface area contributed by atoms with E-state index in [1.807, 2.05) is 18.2 Å². The highest BCUT2D eigenvalue weighted by molar-refractivity contribution is 5.94. The van der Waals surface area contributed by atoms with Crippen LogP contribution in [0.25, 0.3) is 0 Å². The molecule has 0 spiro atoms. The second-order valence-electron chi connectivity index (χ2n) is 5.67. The average molecular weight is 309 g/mol. The molecule has 0 unspecified atom stereocenters. The van der Waals surface area contributed by atoms with Gasteiger partial charge in [-0.25, -0.2) is 0 Å². The first-order valence-electron chi connectivity index (χ1n) is 7.84. The van der Waals surface area contributed by atoms with E-state index >= 15 is 0 Å². The van der Waals surface area contributed by atoms with E-state index in [2.05, 4.69) is 10.2 Å². The third kappa shape index (κ3) is 3.61. The summed E-state index contributed by atoms with van der Waals surface area (Å²) in [6.07, 6.45) is 4.03. The van der Waals surface area contributed by atoms with Crippen LogP contribution >= 0.6 is 0 Å². The van der Waals surface area contributed by atoms with Gasteiger partial charge in [-0.1, -0.05) is 0 Å². The molecule has 5 nitrogen and oxygen atoms in total. The number of hydrogen-bond donors (Lipinski definition) is 1. The summed E-state index contributed by atoms with van der Waals surface area (Å²) < 4.78 is 5.55. The fourth-order valence-corrected chi connectivity index (χ4v) is 2.93. The van der Waals surface area contributed by atoms with Crippen LogP contribution < -0.4 is 5.32 Å². The number of rotatable bonds is 5. The minimum Gasteiger partial charge on any atom is -0.468 e. The van der Waals surface area contributed by atoms with E-state index in [4.69, 9.17) is 9.68 Å². The van der Waals surface area contributed by atoms with E-state index in [-0.39, 0.29) is 11.9 Å². The molecule has 1 saturated heterocycles. The Kier molecular flexibility index (Phi) is 4.74. The lowest BCUT2D eigenvalue weighted by Crippen LogP contribution is -2.36. The number of nitrogens with one attached hydrogen (secondary N) is 1. The third-order valence-corrected chi connectivity index (χ3v) is 4.19. The van der Waals surface area contributed by atoms with E-state index < -0.39 is 0 Å². The highest BCUT2D eigenvalue weighted by atomic mass is 16.3. The maximum absolute atomic E-state index is 12.3. The van der Waals surface area contributed by atoms with Crippen LogP contribution in [0.4, 0.5) is 0 Å². The molecule has 118 valence electrons. The summed E-state index contributed by atoms with van der Waals surface area (Å²) in [5.41, 5.74) is 1.11. The molecule has 23 heavy (non-hydrogen) atoms. The van der Waals surface area contributed by atoms with E-state index in [1.165, 1.54) is 12.8 Å². The lowest BCUT2D eigenvalue weighted by molar-refractivity contribution is 0.0934. The van der Waals surface area contributed by atoms with Crippen LogP contribution in [0.3, 0.4) is 0 Å². The van der Waals surface area contributed by atoms with Crippen molar-refractivity contribution in [2.75, 3.05) is 19.6 Å². The first kappa shape index (κ1) is 15.3. The van der Waals surface area contributed by atoms with Gasteiger partial charge in [0.15, 0.2) is 0 Å². The van der Waals surface area contributed by atoms with Crippen molar-refractivity contribution >= 4 is 5.91 Å². The quantitative estimate of drug-likeness (QED) is 0.922. The van der Waals surface area contributed by atoms with E-state index in [0.717, 1.165) is 18.8 Å². The SMILES string of the molecule is N#Cc1ccc(C(=O)NC[C@@H](c2ccco2)N2CCCC2)cc1. The molecule has 1 aliphatic rings. The Morgan fingerprint density at radius 1 is 1.26 bits per heavy atom. The van der Waals surface area contributed by atoms with Gasteiger partial charge in [-0.2, -0.15) is 5.26 Å². The molecule has 1 aliphatic heterocycles. The van der Waals surface area contributed by atoms with Crippen LogP contribution in [0.15, 0.2) is 47.1 Å². The van der Waals surface area contributed by atoms with Gasteiger partial charge < -0.3 is 9.73 Å². The third-order valence-electron chi connectivity index (χ3n) is 4.19. The number of likely N-dealkylation sites (tertiary alicyclic amines) is 1. The van der Waals surface area contributed by atoms with Crippen LogP contribution in [0.1, 0.15) is 40.6 Å². The highest BCUT2D eigenvalue weighted by Gasteiger charge is 2.26. The van der Waals surface area contributed by atoms with E-state index in [0.29, 0.717) is 17.7 Å². The Balaban J connectivity index is 1.66. The second kappa shape index (κ2) is 7.12. The molecular weight excluding hydrogens is 290 g/mol. The van der Waals surface area contributed by atoms with Gasteiger partial charge in [-0.3, -0.25) is 9.69 Å². The minimum atomic E-state index is -0.134. The Labute approximate surface area is 135 Å². The van der Waals surface area contributed by atoms with Crippen molar-refractivity contribution in [1.82, 2.24) is 10.2 Å². The van der Waals surface area contributed by atoms with Gasteiger partial charge in [0.1, 0.15) is 5.76 Å². The summed E-state index contributed by atoms with van der Waals surface area (Å²) in [6, 6.07) is 12.6. The Morgan fingerprint density at radius 2 is 2.00 bits per heavy atom. The lowest BCUT2D eigenvalue weighted by atomic mass is 10.1. The summed E-state index contributed by atoms with van der Waals surface area (Å²) >= 11 is 0. The molecule has 1 fully saturated rings. The Morgan fingerprint density at radius 3 is 2.61 bits per heavy atom. The molecule has 0 saturated carbocycles. The molecule has 0 aliphatic carbocycles. The molecule has 1 aromatic heterocycles. The van der Waals surface area contributed by atoms with Gasteiger partial charge in [-0.15, -0.1) is 0 Å². The summed E-state index contributed by atoms with van der Waals surface area (Å²) in [7, 11) is 0. The van der Waals surface area contributed by atoms with Crippen LogP contribution in [-0.4, -0.2) is 30.4 Å². The van der Waals surface area contributed by atoms with Gasteiger partial charge in [0.25, 0.3) is 5.91 Å². The number of furan rings is 1. The number of amides is 1. The van der Waals surface area contributed by atoms with Crippen molar-refractivity contribution < 1.29 is 9.21 Å². The van der Waals surface area contributed by atoms with E-state index in [1.54, 1.807) is 30.5 Å². The molecule has 5 heteroatoms. The first-order valence-corrected chi connectivity index (χ1v) is 7.84. The minimum absolute atomic E-state index is 0.0647. The molecule has 1 amide bonds. The molecular formula is C18H19N3O2. The predicted molar refractivity (Wildman–Crippen MR) is 85.7 cm³/mol. The summed E-state index contributed by atoms with van der Waals surface area (Å²) in [6.45, 7) is 2.56.